The van der Waals surface area contributed by atoms with Crippen LogP contribution in [0.3, 0.4) is 0 Å². The van der Waals surface area contributed by atoms with E-state index in [-0.39, 0.29) is 0 Å². The van der Waals surface area contributed by atoms with Crippen molar-refractivity contribution in [3.8, 4) is 73.2 Å². The van der Waals surface area contributed by atoms with Crippen molar-refractivity contribution in [1.29, 1.82) is 0 Å². The first-order valence-electron chi connectivity index (χ1n) is 19.9. The van der Waals surface area contributed by atoms with Crippen LogP contribution in [0.1, 0.15) is 0 Å². The van der Waals surface area contributed by atoms with E-state index >= 15 is 0 Å². The van der Waals surface area contributed by atoms with Crippen LogP contribution in [-0.4, -0.2) is 19.5 Å². The van der Waals surface area contributed by atoms with Gasteiger partial charge in [0.15, 0.2) is 17.5 Å². The van der Waals surface area contributed by atoms with Crippen LogP contribution in [0.2, 0.25) is 0 Å². The fourth-order valence-corrected chi connectivity index (χ4v) is 8.39. The minimum absolute atomic E-state index is 0.605. The second-order valence-corrected chi connectivity index (χ2v) is 14.8. The summed E-state index contributed by atoms with van der Waals surface area (Å²) in [6.07, 6.45) is 0. The number of hydrogen-bond acceptors (Lipinski definition) is 3. The van der Waals surface area contributed by atoms with Crippen molar-refractivity contribution in [2.24, 2.45) is 0 Å². The molecule has 0 aliphatic rings. The molecule has 0 unspecified atom stereocenters. The first-order valence-corrected chi connectivity index (χ1v) is 19.9. The highest BCUT2D eigenvalue weighted by atomic mass is 15.1. The van der Waals surface area contributed by atoms with Gasteiger partial charge in [-0.05, 0) is 74.5 Å². The fourth-order valence-electron chi connectivity index (χ4n) is 8.39. The predicted molar refractivity (Wildman–Crippen MR) is 244 cm³/mol. The summed E-state index contributed by atoms with van der Waals surface area (Å²) >= 11 is 0. The first kappa shape index (κ1) is 34.3. The summed E-state index contributed by atoms with van der Waals surface area (Å²) < 4.78 is 2.37. The zero-order valence-electron chi connectivity index (χ0n) is 32.1. The van der Waals surface area contributed by atoms with Gasteiger partial charge in [0.05, 0.1) is 16.7 Å². The van der Waals surface area contributed by atoms with Gasteiger partial charge in [-0.3, -0.25) is 0 Å². The van der Waals surface area contributed by atoms with E-state index in [1.165, 1.54) is 38.2 Å². The molecule has 276 valence electrons. The summed E-state index contributed by atoms with van der Waals surface area (Å²) in [5.74, 6) is 1.84. The van der Waals surface area contributed by atoms with Crippen LogP contribution in [-0.2, 0) is 0 Å². The molecule has 0 saturated heterocycles. The molecule has 11 rings (SSSR count). The molecule has 0 atom stereocenters. The lowest BCUT2D eigenvalue weighted by Crippen LogP contribution is -2.04. The Morgan fingerprint density at radius 2 is 0.729 bits per heavy atom. The van der Waals surface area contributed by atoms with Crippen molar-refractivity contribution in [3.05, 3.63) is 218 Å². The molecule has 11 aromatic rings. The second kappa shape index (κ2) is 14.5. The van der Waals surface area contributed by atoms with Crippen molar-refractivity contribution < 1.29 is 0 Å². The van der Waals surface area contributed by atoms with Gasteiger partial charge in [-0.15, -0.1) is 0 Å². The molecular formula is C55H36N4. The number of rotatable bonds is 7. The summed E-state index contributed by atoms with van der Waals surface area (Å²) in [6, 6.07) is 77.0. The first-order chi connectivity index (χ1) is 29.2. The minimum Gasteiger partial charge on any atom is -0.308 e. The van der Waals surface area contributed by atoms with Crippen molar-refractivity contribution in [2.45, 2.75) is 0 Å². The molecule has 2 aromatic heterocycles. The van der Waals surface area contributed by atoms with Crippen LogP contribution in [0.15, 0.2) is 218 Å². The summed E-state index contributed by atoms with van der Waals surface area (Å²) in [5, 5.41) is 4.83. The van der Waals surface area contributed by atoms with Crippen LogP contribution in [0.5, 0.6) is 0 Å². The van der Waals surface area contributed by atoms with Gasteiger partial charge in [-0.2, -0.15) is 0 Å². The van der Waals surface area contributed by atoms with Crippen molar-refractivity contribution in [3.63, 3.8) is 0 Å². The van der Waals surface area contributed by atoms with Crippen molar-refractivity contribution in [2.75, 3.05) is 0 Å². The van der Waals surface area contributed by atoms with Gasteiger partial charge in [0.1, 0.15) is 0 Å². The number of benzene rings is 9. The SMILES string of the molecule is c1ccc(-c2cccc(-c3ccc(-c4nc(-c5ccccc5)nc(-c5ccc(-c6cccc7ccccc67)cc5)n4)c(-n4c5ccccc5c5ccccc54)c3)c2)cc1. The van der Waals surface area contributed by atoms with Crippen LogP contribution in [0, 0.1) is 0 Å². The number of fused-ring (bicyclic) bond motifs is 4. The average molecular weight is 753 g/mol. The molecule has 4 nitrogen and oxygen atoms in total. The predicted octanol–water partition coefficient (Wildman–Crippen LogP) is 14.1. The lowest BCUT2D eigenvalue weighted by atomic mass is 9.97. The number of nitrogens with zero attached hydrogens (tertiary/aromatic N) is 4. The van der Waals surface area contributed by atoms with Crippen LogP contribution in [0.25, 0.3) is 106 Å². The number of hydrogen-bond donors (Lipinski definition) is 0. The molecule has 0 bridgehead atoms. The largest absolute Gasteiger partial charge is 0.308 e. The van der Waals surface area contributed by atoms with Crippen LogP contribution >= 0.6 is 0 Å². The molecule has 0 aliphatic carbocycles. The van der Waals surface area contributed by atoms with Gasteiger partial charge in [0.25, 0.3) is 0 Å². The Labute approximate surface area is 342 Å². The lowest BCUT2D eigenvalue weighted by molar-refractivity contribution is 1.06. The Kier molecular flexibility index (Phi) is 8.45. The smallest absolute Gasteiger partial charge is 0.166 e. The van der Waals surface area contributed by atoms with Gasteiger partial charge in [-0.25, -0.2) is 15.0 Å². The fraction of sp³-hybridized carbons (Fsp3) is 0. The maximum Gasteiger partial charge on any atom is 0.166 e. The van der Waals surface area contributed by atoms with E-state index in [4.69, 9.17) is 15.0 Å². The second-order valence-electron chi connectivity index (χ2n) is 14.8. The summed E-state index contributed by atoms with van der Waals surface area (Å²) in [7, 11) is 0. The highest BCUT2D eigenvalue weighted by molar-refractivity contribution is 6.10. The Bertz CT molecular complexity index is 3250. The average Bonchev–Trinajstić information content (AvgIpc) is 3.66. The molecule has 0 saturated carbocycles. The monoisotopic (exact) mass is 752 g/mol. The molecule has 0 N–H and O–H groups in total. The zero-order chi connectivity index (χ0) is 39.1. The van der Waals surface area contributed by atoms with Gasteiger partial charge in [0, 0.05) is 27.5 Å². The molecule has 2 heterocycles. The standard InChI is InChI=1S/C55H36N4/c1-3-15-37(16-4-1)42-21-13-22-43(35-42)44-33-34-49(52(36-44)59-50-27-11-9-24-47(50)48-25-10-12-28-51(48)59)55-57-53(40-18-5-2-6-19-40)56-54(58-55)41-31-29-39(30-32-41)46-26-14-20-38-17-7-8-23-45(38)46/h1-36H. The van der Waals surface area contributed by atoms with Gasteiger partial charge >= 0.3 is 0 Å². The van der Waals surface area contributed by atoms with Gasteiger partial charge in [-0.1, -0.05) is 188 Å². The lowest BCUT2D eigenvalue weighted by Gasteiger charge is -2.17. The Balaban J connectivity index is 1.12. The molecule has 0 aliphatic heterocycles. The topological polar surface area (TPSA) is 43.6 Å². The Morgan fingerprint density at radius 1 is 0.271 bits per heavy atom. The third-order valence-corrected chi connectivity index (χ3v) is 11.3. The van der Waals surface area contributed by atoms with Crippen LogP contribution < -0.4 is 0 Å². The van der Waals surface area contributed by atoms with E-state index in [0.717, 1.165) is 50.1 Å². The summed E-state index contributed by atoms with van der Waals surface area (Å²) in [5.41, 5.74) is 12.9. The van der Waals surface area contributed by atoms with Gasteiger partial charge < -0.3 is 4.57 Å². The van der Waals surface area contributed by atoms with E-state index in [0.29, 0.717) is 17.5 Å². The normalized spacial score (nSPS) is 11.4. The molecule has 4 heteroatoms. The maximum absolute atomic E-state index is 5.30. The maximum atomic E-state index is 5.30. The molecule has 0 radical (unpaired) electrons. The summed E-state index contributed by atoms with van der Waals surface area (Å²) in [4.78, 5) is 15.7. The number of para-hydroxylation sites is 2. The minimum atomic E-state index is 0.605. The summed E-state index contributed by atoms with van der Waals surface area (Å²) in [6.45, 7) is 0. The third kappa shape index (κ3) is 6.24. The highest BCUT2D eigenvalue weighted by Gasteiger charge is 2.20. The van der Waals surface area contributed by atoms with E-state index in [9.17, 15) is 0 Å². The quantitative estimate of drug-likeness (QED) is 0.163. The molecule has 59 heavy (non-hydrogen) atoms. The molecule has 0 spiro atoms. The van der Waals surface area contributed by atoms with Crippen molar-refractivity contribution in [1.82, 2.24) is 19.5 Å². The molecule has 9 aromatic carbocycles. The number of aromatic nitrogens is 4. The van der Waals surface area contributed by atoms with Crippen molar-refractivity contribution >= 4 is 32.6 Å². The molecule has 0 amide bonds. The van der Waals surface area contributed by atoms with Crippen LogP contribution in [0.4, 0.5) is 0 Å². The van der Waals surface area contributed by atoms with Gasteiger partial charge in [0.2, 0.25) is 0 Å². The molecule has 0 fully saturated rings. The third-order valence-electron chi connectivity index (χ3n) is 11.3. The Morgan fingerprint density at radius 3 is 1.42 bits per heavy atom. The van der Waals surface area contributed by atoms with E-state index < -0.39 is 0 Å². The van der Waals surface area contributed by atoms with E-state index in [1.807, 2.05) is 18.2 Å². The highest BCUT2D eigenvalue weighted by Crippen LogP contribution is 2.39. The van der Waals surface area contributed by atoms with E-state index in [2.05, 4.69) is 205 Å². The molecular weight excluding hydrogens is 717 g/mol. The Hall–Kier alpha value is -7.95. The van der Waals surface area contributed by atoms with E-state index in [1.54, 1.807) is 0 Å². The zero-order valence-corrected chi connectivity index (χ0v) is 32.1.